The summed E-state index contributed by atoms with van der Waals surface area (Å²) in [5.41, 5.74) is 6.97. The van der Waals surface area contributed by atoms with Crippen LogP contribution in [0.15, 0.2) is 73.6 Å². The normalized spacial score (nSPS) is 16.4. The first-order valence-corrected chi connectivity index (χ1v) is 12.0. The standard InChI is InChI=1S/C14H14N2O2.C14H14N2O/c1-2-18-14(17)7-12-10-5-3-4-6-11(10)13-8-15-9-16(12)13;1-2-10(17)7-13-11-5-3-4-6-12(11)14-8-15-9-16(13)14/h3-6,8-9,12H,2,7H2,1H3;3-6,8-9,13H,2,7H2,1H3. The number of nitrogens with zero attached hydrogens (tertiary/aromatic N) is 4. The van der Waals surface area contributed by atoms with E-state index >= 15 is 0 Å². The third-order valence-electron chi connectivity index (χ3n) is 6.68. The summed E-state index contributed by atoms with van der Waals surface area (Å²) in [4.78, 5) is 31.7. The van der Waals surface area contributed by atoms with Gasteiger partial charge in [-0.15, -0.1) is 0 Å². The van der Waals surface area contributed by atoms with Gasteiger partial charge in [0.25, 0.3) is 0 Å². The fourth-order valence-electron chi connectivity index (χ4n) is 5.02. The summed E-state index contributed by atoms with van der Waals surface area (Å²) in [6.07, 6.45) is 8.83. The number of hydrogen-bond donors (Lipinski definition) is 0. The summed E-state index contributed by atoms with van der Waals surface area (Å²) in [5, 5.41) is 0. The molecule has 2 aliphatic rings. The van der Waals surface area contributed by atoms with Crippen molar-refractivity contribution in [2.75, 3.05) is 6.61 Å². The first-order chi connectivity index (χ1) is 17.1. The summed E-state index contributed by atoms with van der Waals surface area (Å²) >= 11 is 0. The van der Waals surface area contributed by atoms with Gasteiger partial charge in [-0.25, -0.2) is 9.97 Å². The van der Waals surface area contributed by atoms with E-state index in [4.69, 9.17) is 4.74 Å². The number of ketones is 1. The van der Waals surface area contributed by atoms with Gasteiger partial charge in [0.2, 0.25) is 0 Å². The third-order valence-corrected chi connectivity index (χ3v) is 6.68. The van der Waals surface area contributed by atoms with Crippen LogP contribution in [0.4, 0.5) is 0 Å². The minimum Gasteiger partial charge on any atom is -0.466 e. The minimum absolute atomic E-state index is 0.0118. The topological polar surface area (TPSA) is 79.0 Å². The zero-order chi connectivity index (χ0) is 24.4. The van der Waals surface area contributed by atoms with Crippen LogP contribution in [0.5, 0.6) is 0 Å². The molecule has 2 aromatic heterocycles. The largest absolute Gasteiger partial charge is 0.466 e. The number of Topliss-reactive ketones (excluding diaryl/α,β-unsaturated/α-hetero) is 1. The van der Waals surface area contributed by atoms with E-state index in [9.17, 15) is 9.59 Å². The molecule has 2 aromatic carbocycles. The molecule has 7 heteroatoms. The molecule has 4 aromatic rings. The van der Waals surface area contributed by atoms with Crippen molar-refractivity contribution in [2.45, 2.75) is 45.2 Å². The molecule has 178 valence electrons. The average Bonchev–Trinajstić information content (AvgIpc) is 3.64. The van der Waals surface area contributed by atoms with Crippen molar-refractivity contribution >= 4 is 11.8 Å². The molecule has 0 bridgehead atoms. The fraction of sp³-hybridized carbons (Fsp3) is 0.286. The Morgan fingerprint density at radius 3 is 1.83 bits per heavy atom. The second kappa shape index (κ2) is 9.70. The number of ether oxygens (including phenoxy) is 1. The highest BCUT2D eigenvalue weighted by Crippen LogP contribution is 2.41. The molecule has 0 radical (unpaired) electrons. The Bertz CT molecular complexity index is 1370. The van der Waals surface area contributed by atoms with Crippen LogP contribution in [-0.2, 0) is 14.3 Å². The van der Waals surface area contributed by atoms with Crippen LogP contribution in [-0.4, -0.2) is 37.5 Å². The van der Waals surface area contributed by atoms with Gasteiger partial charge < -0.3 is 13.9 Å². The quantitative estimate of drug-likeness (QED) is 0.362. The monoisotopic (exact) mass is 468 g/mol. The van der Waals surface area contributed by atoms with E-state index in [1.54, 1.807) is 6.33 Å². The number of fused-ring (bicyclic) bond motifs is 6. The van der Waals surface area contributed by atoms with Crippen molar-refractivity contribution in [1.82, 2.24) is 19.1 Å². The molecule has 6 rings (SSSR count). The van der Waals surface area contributed by atoms with Gasteiger partial charge in [-0.1, -0.05) is 55.5 Å². The molecule has 2 unspecified atom stereocenters. The van der Waals surface area contributed by atoms with E-state index in [1.807, 2.05) is 61.4 Å². The Morgan fingerprint density at radius 2 is 1.31 bits per heavy atom. The van der Waals surface area contributed by atoms with Gasteiger partial charge in [0.15, 0.2) is 0 Å². The van der Waals surface area contributed by atoms with Crippen LogP contribution in [0.2, 0.25) is 0 Å². The van der Waals surface area contributed by atoms with Gasteiger partial charge in [-0.05, 0) is 18.1 Å². The summed E-state index contributed by atoms with van der Waals surface area (Å²) < 4.78 is 9.19. The maximum Gasteiger partial charge on any atom is 0.308 e. The molecule has 0 fully saturated rings. The van der Waals surface area contributed by atoms with Gasteiger partial charge in [-0.3, -0.25) is 9.59 Å². The van der Waals surface area contributed by atoms with Crippen molar-refractivity contribution in [3.63, 3.8) is 0 Å². The average molecular weight is 469 g/mol. The molecule has 2 atom stereocenters. The van der Waals surface area contributed by atoms with Crippen LogP contribution in [0.3, 0.4) is 0 Å². The Kier molecular flexibility index (Phi) is 6.31. The van der Waals surface area contributed by atoms with Gasteiger partial charge >= 0.3 is 5.97 Å². The molecule has 0 N–H and O–H groups in total. The summed E-state index contributed by atoms with van der Waals surface area (Å²) in [6, 6.07) is 16.5. The SMILES string of the molecule is CCC(=O)CC1c2ccccc2-c2cncn21.CCOC(=O)CC1c2ccccc2-c2cncn21. The summed E-state index contributed by atoms with van der Waals surface area (Å²) in [5.74, 6) is 0.130. The van der Waals surface area contributed by atoms with Gasteiger partial charge in [-0.2, -0.15) is 0 Å². The predicted octanol–water partition coefficient (Wildman–Crippen LogP) is 5.23. The van der Waals surface area contributed by atoms with Crippen LogP contribution in [0.25, 0.3) is 22.5 Å². The number of rotatable bonds is 6. The molecule has 0 aliphatic carbocycles. The van der Waals surface area contributed by atoms with Crippen LogP contribution in [0, 0.1) is 0 Å². The van der Waals surface area contributed by atoms with Gasteiger partial charge in [0.1, 0.15) is 5.78 Å². The first kappa shape index (κ1) is 22.8. The molecule has 35 heavy (non-hydrogen) atoms. The molecule has 0 saturated carbocycles. The lowest BCUT2D eigenvalue weighted by molar-refractivity contribution is -0.143. The number of carbonyl (C=O) groups excluding carboxylic acids is 2. The highest BCUT2D eigenvalue weighted by atomic mass is 16.5. The molecule has 7 nitrogen and oxygen atoms in total. The second-order valence-electron chi connectivity index (χ2n) is 8.68. The van der Waals surface area contributed by atoms with E-state index in [-0.39, 0.29) is 18.1 Å². The van der Waals surface area contributed by atoms with Crippen LogP contribution in [0.1, 0.15) is 56.3 Å². The maximum atomic E-state index is 11.7. The number of esters is 1. The van der Waals surface area contributed by atoms with E-state index in [2.05, 4.69) is 38.8 Å². The van der Waals surface area contributed by atoms with Crippen LogP contribution < -0.4 is 0 Å². The minimum atomic E-state index is -0.168. The molecule has 0 amide bonds. The van der Waals surface area contributed by atoms with E-state index in [1.165, 1.54) is 16.7 Å². The van der Waals surface area contributed by atoms with E-state index in [0.29, 0.717) is 31.7 Å². The van der Waals surface area contributed by atoms with Crippen molar-refractivity contribution in [3.8, 4) is 22.5 Å². The molecule has 0 spiro atoms. The number of hydrogen-bond acceptors (Lipinski definition) is 5. The molecular weight excluding hydrogens is 440 g/mol. The van der Waals surface area contributed by atoms with Gasteiger partial charge in [0, 0.05) is 24.0 Å². The zero-order valence-corrected chi connectivity index (χ0v) is 19.9. The molecule has 4 heterocycles. The van der Waals surface area contributed by atoms with Gasteiger partial charge in [0.05, 0.1) is 61.5 Å². The highest BCUT2D eigenvalue weighted by molar-refractivity contribution is 5.81. The lowest BCUT2D eigenvalue weighted by atomic mass is 9.99. The second-order valence-corrected chi connectivity index (χ2v) is 8.68. The zero-order valence-electron chi connectivity index (χ0n) is 19.9. The first-order valence-electron chi connectivity index (χ1n) is 12.0. The van der Waals surface area contributed by atoms with Crippen LogP contribution >= 0.6 is 0 Å². The third kappa shape index (κ3) is 4.18. The number of aromatic nitrogens is 4. The van der Waals surface area contributed by atoms with E-state index < -0.39 is 0 Å². The summed E-state index contributed by atoms with van der Waals surface area (Å²) in [7, 11) is 0. The fourth-order valence-corrected chi connectivity index (χ4v) is 5.02. The lowest BCUT2D eigenvalue weighted by Gasteiger charge is -2.13. The number of imidazole rings is 2. The molecule has 0 saturated heterocycles. The van der Waals surface area contributed by atoms with Crippen molar-refractivity contribution < 1.29 is 14.3 Å². The number of carbonyl (C=O) groups is 2. The number of benzene rings is 2. The Hall–Kier alpha value is -4.00. The smallest absolute Gasteiger partial charge is 0.308 e. The highest BCUT2D eigenvalue weighted by Gasteiger charge is 2.30. The van der Waals surface area contributed by atoms with E-state index in [0.717, 1.165) is 17.0 Å². The Morgan fingerprint density at radius 1 is 0.800 bits per heavy atom. The van der Waals surface area contributed by atoms with Crippen molar-refractivity contribution in [1.29, 1.82) is 0 Å². The lowest BCUT2D eigenvalue weighted by Crippen LogP contribution is -2.13. The predicted molar refractivity (Wildman–Crippen MR) is 133 cm³/mol. The van der Waals surface area contributed by atoms with Crippen molar-refractivity contribution in [3.05, 3.63) is 84.7 Å². The van der Waals surface area contributed by atoms with Crippen molar-refractivity contribution in [2.24, 2.45) is 0 Å². The Balaban J connectivity index is 0.000000145. The Labute approximate surface area is 204 Å². The summed E-state index contributed by atoms with van der Waals surface area (Å²) in [6.45, 7) is 4.16. The molecule has 2 aliphatic heterocycles. The maximum absolute atomic E-state index is 11.7. The molecular formula is C28H28N4O3.